The summed E-state index contributed by atoms with van der Waals surface area (Å²) in [6.45, 7) is 1.53. The molecule has 0 aliphatic rings. The highest BCUT2D eigenvalue weighted by Gasteiger charge is 2.22. The number of thiophene rings is 1. The molecule has 0 radical (unpaired) electrons. The number of anilines is 3. The molecule has 1 amide bonds. The van der Waals surface area contributed by atoms with E-state index in [0.29, 0.717) is 16.3 Å². The molecule has 1 unspecified atom stereocenters. The summed E-state index contributed by atoms with van der Waals surface area (Å²) in [5.41, 5.74) is 1.45. The van der Waals surface area contributed by atoms with Gasteiger partial charge >= 0.3 is 5.97 Å². The largest absolute Gasteiger partial charge is 0.495 e. The van der Waals surface area contributed by atoms with Crippen molar-refractivity contribution in [1.29, 1.82) is 0 Å². The topological polar surface area (TPSA) is 89.5 Å². The van der Waals surface area contributed by atoms with Gasteiger partial charge in [0.05, 0.1) is 17.5 Å². The van der Waals surface area contributed by atoms with Gasteiger partial charge in [0.15, 0.2) is 11.2 Å². The Morgan fingerprint density at radius 1 is 1.03 bits per heavy atom. The molecule has 4 aromatic rings. The molecule has 0 saturated carbocycles. The van der Waals surface area contributed by atoms with Gasteiger partial charge in [-0.15, -0.1) is 11.3 Å². The van der Waals surface area contributed by atoms with Gasteiger partial charge in [0.25, 0.3) is 5.91 Å². The van der Waals surface area contributed by atoms with Crippen LogP contribution in [-0.2, 0) is 9.53 Å². The number of esters is 1. The molecule has 0 aliphatic heterocycles. The predicted octanol–water partition coefficient (Wildman–Crippen LogP) is 5.29. The fourth-order valence-corrected chi connectivity index (χ4v) is 4.81. The van der Waals surface area contributed by atoms with Crippen LogP contribution in [-0.4, -0.2) is 30.1 Å². The average molecular weight is 454 g/mol. The Bertz CT molecular complexity index is 1190. The van der Waals surface area contributed by atoms with E-state index in [4.69, 9.17) is 9.47 Å². The maximum Gasteiger partial charge on any atom is 0.349 e. The maximum absolute atomic E-state index is 12.5. The number of hydrogen-bond donors (Lipinski definition) is 2. The minimum atomic E-state index is -0.971. The molecule has 2 aromatic heterocycles. The second-order valence-corrected chi connectivity index (χ2v) is 8.59. The van der Waals surface area contributed by atoms with Crippen LogP contribution in [0.4, 0.5) is 16.5 Å². The standard InChI is InChI=1S/C22H19N3O4S2/c1-13(19(26)24-15-10-6-7-11-16(15)28-2)29-21(27)18-12-17-20(30-18)25-22(31-17)23-14-8-4-3-5-9-14/h3-13H,1-2H3,(H,23,25)(H,24,26). The van der Waals surface area contributed by atoms with Crippen molar-refractivity contribution in [2.75, 3.05) is 17.7 Å². The van der Waals surface area contributed by atoms with Crippen molar-refractivity contribution in [2.45, 2.75) is 13.0 Å². The van der Waals surface area contributed by atoms with E-state index in [1.54, 1.807) is 30.3 Å². The van der Waals surface area contributed by atoms with Crippen molar-refractivity contribution in [3.05, 3.63) is 65.5 Å². The summed E-state index contributed by atoms with van der Waals surface area (Å²) in [4.78, 5) is 30.6. The highest BCUT2D eigenvalue weighted by atomic mass is 32.1. The van der Waals surface area contributed by atoms with E-state index >= 15 is 0 Å². The summed E-state index contributed by atoms with van der Waals surface area (Å²) in [6, 6.07) is 18.5. The van der Waals surface area contributed by atoms with Gasteiger partial charge in [0.1, 0.15) is 15.5 Å². The van der Waals surface area contributed by atoms with Gasteiger partial charge in [-0.25, -0.2) is 9.78 Å². The molecule has 158 valence electrons. The molecule has 9 heteroatoms. The summed E-state index contributed by atoms with van der Waals surface area (Å²) < 4.78 is 11.4. The molecule has 31 heavy (non-hydrogen) atoms. The predicted molar refractivity (Wildman–Crippen MR) is 124 cm³/mol. The first-order chi connectivity index (χ1) is 15.0. The van der Waals surface area contributed by atoms with E-state index in [1.807, 2.05) is 30.3 Å². The maximum atomic E-state index is 12.5. The summed E-state index contributed by atoms with van der Waals surface area (Å²) in [7, 11) is 1.52. The summed E-state index contributed by atoms with van der Waals surface area (Å²) in [5.74, 6) is -0.474. The minimum Gasteiger partial charge on any atom is -0.495 e. The Hall–Kier alpha value is -3.43. The third kappa shape index (κ3) is 4.84. The zero-order valence-corrected chi connectivity index (χ0v) is 18.4. The Balaban J connectivity index is 1.39. The molecule has 2 heterocycles. The molecule has 0 aliphatic carbocycles. The summed E-state index contributed by atoms with van der Waals surface area (Å²) in [5, 5.41) is 6.70. The molecule has 0 saturated heterocycles. The number of benzene rings is 2. The van der Waals surface area contributed by atoms with Gasteiger partial charge < -0.3 is 20.1 Å². The first-order valence-corrected chi connectivity index (χ1v) is 11.0. The van der Waals surface area contributed by atoms with Crippen LogP contribution in [0.15, 0.2) is 60.7 Å². The lowest BCUT2D eigenvalue weighted by Gasteiger charge is -2.14. The third-order valence-electron chi connectivity index (χ3n) is 4.33. The van der Waals surface area contributed by atoms with Crippen molar-refractivity contribution < 1.29 is 19.1 Å². The number of nitrogens with one attached hydrogen (secondary N) is 2. The van der Waals surface area contributed by atoms with E-state index in [1.165, 1.54) is 36.7 Å². The van der Waals surface area contributed by atoms with E-state index < -0.39 is 18.0 Å². The van der Waals surface area contributed by atoms with E-state index in [2.05, 4.69) is 15.6 Å². The van der Waals surface area contributed by atoms with Crippen LogP contribution in [0.1, 0.15) is 16.6 Å². The molecule has 2 N–H and O–H groups in total. The molecular weight excluding hydrogens is 434 g/mol. The van der Waals surface area contributed by atoms with Crippen molar-refractivity contribution in [3.63, 3.8) is 0 Å². The number of aromatic nitrogens is 1. The van der Waals surface area contributed by atoms with Gasteiger partial charge in [-0.1, -0.05) is 41.7 Å². The lowest BCUT2D eigenvalue weighted by Crippen LogP contribution is -2.29. The zero-order valence-electron chi connectivity index (χ0n) is 16.7. The van der Waals surface area contributed by atoms with Crippen LogP contribution in [0.5, 0.6) is 5.75 Å². The van der Waals surface area contributed by atoms with E-state index in [-0.39, 0.29) is 0 Å². The highest BCUT2D eigenvalue weighted by molar-refractivity contribution is 7.29. The van der Waals surface area contributed by atoms with Gasteiger partial charge in [0.2, 0.25) is 0 Å². The fourth-order valence-electron chi connectivity index (χ4n) is 2.79. The zero-order chi connectivity index (χ0) is 21.8. The number of methoxy groups -OCH3 is 1. The number of para-hydroxylation sites is 3. The number of nitrogens with zero attached hydrogens (tertiary/aromatic N) is 1. The number of carbonyl (C=O) groups is 2. The Morgan fingerprint density at radius 3 is 2.52 bits per heavy atom. The first-order valence-electron chi connectivity index (χ1n) is 9.41. The number of rotatable bonds is 7. The molecule has 2 aromatic carbocycles. The lowest BCUT2D eigenvalue weighted by molar-refractivity contribution is -0.123. The minimum absolute atomic E-state index is 0.400. The Kier molecular flexibility index (Phi) is 6.15. The van der Waals surface area contributed by atoms with Crippen LogP contribution in [0.25, 0.3) is 9.53 Å². The average Bonchev–Trinajstić information content (AvgIpc) is 3.33. The lowest BCUT2D eigenvalue weighted by atomic mass is 10.2. The van der Waals surface area contributed by atoms with Crippen molar-refractivity contribution >= 4 is 60.6 Å². The SMILES string of the molecule is COc1ccccc1NC(=O)C(C)OC(=O)c1cc2sc(Nc3ccccc3)nc2s1. The van der Waals surface area contributed by atoms with Crippen LogP contribution in [0.3, 0.4) is 0 Å². The number of amides is 1. The van der Waals surface area contributed by atoms with Gasteiger partial charge in [-0.05, 0) is 37.3 Å². The first kappa shape index (κ1) is 20.8. The van der Waals surface area contributed by atoms with E-state index in [0.717, 1.165) is 20.3 Å². The monoisotopic (exact) mass is 453 g/mol. The van der Waals surface area contributed by atoms with Crippen molar-refractivity contribution in [2.24, 2.45) is 0 Å². The number of carbonyl (C=O) groups excluding carboxylic acids is 2. The quantitative estimate of drug-likeness (QED) is 0.370. The van der Waals surface area contributed by atoms with Gasteiger partial charge in [-0.3, -0.25) is 4.79 Å². The smallest absolute Gasteiger partial charge is 0.349 e. The van der Waals surface area contributed by atoms with Crippen molar-refractivity contribution in [3.8, 4) is 5.75 Å². The highest BCUT2D eigenvalue weighted by Crippen LogP contribution is 2.34. The van der Waals surface area contributed by atoms with Gasteiger partial charge in [0, 0.05) is 5.69 Å². The molecule has 0 bridgehead atoms. The molecular formula is C22H19N3O4S2. The number of fused-ring (bicyclic) bond motifs is 1. The molecule has 7 nitrogen and oxygen atoms in total. The molecule has 1 atom stereocenters. The summed E-state index contributed by atoms with van der Waals surface area (Å²) in [6.07, 6.45) is -0.971. The normalized spacial score (nSPS) is 11.7. The van der Waals surface area contributed by atoms with E-state index in [9.17, 15) is 9.59 Å². The Labute approximate surface area is 186 Å². The van der Waals surface area contributed by atoms with Gasteiger partial charge in [-0.2, -0.15) is 0 Å². The number of ether oxygens (including phenoxy) is 2. The fraction of sp³-hybridized carbons (Fsp3) is 0.136. The van der Waals surface area contributed by atoms with Crippen LogP contribution in [0, 0.1) is 0 Å². The summed E-state index contributed by atoms with van der Waals surface area (Å²) >= 11 is 2.68. The molecule has 0 spiro atoms. The number of thiazole rings is 1. The van der Waals surface area contributed by atoms with Crippen LogP contribution >= 0.6 is 22.7 Å². The Morgan fingerprint density at radius 2 is 1.77 bits per heavy atom. The molecule has 0 fully saturated rings. The second-order valence-electron chi connectivity index (χ2n) is 6.53. The van der Waals surface area contributed by atoms with Crippen LogP contribution in [0.2, 0.25) is 0 Å². The molecule has 4 rings (SSSR count). The van der Waals surface area contributed by atoms with Crippen molar-refractivity contribution in [1.82, 2.24) is 4.98 Å². The van der Waals surface area contributed by atoms with Crippen LogP contribution < -0.4 is 15.4 Å². The second kappa shape index (κ2) is 9.15. The number of hydrogen-bond acceptors (Lipinski definition) is 8. The third-order valence-corrected chi connectivity index (χ3v) is 6.39.